The van der Waals surface area contributed by atoms with E-state index >= 15 is 0 Å². The normalized spacial score (nSPS) is 10.2. The summed E-state index contributed by atoms with van der Waals surface area (Å²) < 4.78 is 17.6. The van der Waals surface area contributed by atoms with Gasteiger partial charge in [0.1, 0.15) is 18.1 Å². The Bertz CT molecular complexity index is 717. The number of benzene rings is 1. The van der Waals surface area contributed by atoms with Crippen molar-refractivity contribution < 1.29 is 23.8 Å². The summed E-state index contributed by atoms with van der Waals surface area (Å²) in [4.78, 5) is 26.9. The summed E-state index contributed by atoms with van der Waals surface area (Å²) in [6.07, 6.45) is 1.38. The van der Waals surface area contributed by atoms with Crippen molar-refractivity contribution in [1.29, 1.82) is 0 Å². The Labute approximate surface area is 131 Å². The second-order valence-corrected chi connectivity index (χ2v) is 4.59. The van der Waals surface area contributed by atoms with E-state index in [0.29, 0.717) is 11.1 Å². The maximum Gasteiger partial charge on any atom is 0.325 e. The van der Waals surface area contributed by atoms with Gasteiger partial charge in [-0.1, -0.05) is 12.1 Å². The van der Waals surface area contributed by atoms with Crippen molar-refractivity contribution in [3.8, 4) is 16.9 Å². The number of carbonyl (C=O) groups is 2. The molecular formula is C16H15FN2O4. The molecule has 0 radical (unpaired) electrons. The number of hydrogen-bond donors (Lipinski definition) is 2. The molecule has 0 saturated heterocycles. The second-order valence-electron chi connectivity index (χ2n) is 4.59. The second kappa shape index (κ2) is 7.35. The lowest BCUT2D eigenvalue weighted by molar-refractivity contribution is -0.141. The van der Waals surface area contributed by atoms with Gasteiger partial charge in [-0.05, 0) is 30.7 Å². The molecule has 0 aliphatic heterocycles. The molecule has 1 aromatic carbocycles. The third-order valence-electron chi connectivity index (χ3n) is 2.96. The predicted molar refractivity (Wildman–Crippen MR) is 80.3 cm³/mol. The highest BCUT2D eigenvalue weighted by Gasteiger charge is 2.15. The number of halogens is 1. The standard InChI is InChI=1S/C16H15FN2O4/c1-2-23-14(21)9-19-16(22)15-13(20)7-11(8-18-15)10-3-5-12(17)6-4-10/h3-8,20H,2,9H2,1H3,(H,19,22). The zero-order valence-electron chi connectivity index (χ0n) is 12.4. The van der Waals surface area contributed by atoms with Crippen molar-refractivity contribution in [2.24, 2.45) is 0 Å². The summed E-state index contributed by atoms with van der Waals surface area (Å²) in [6, 6.07) is 6.98. The highest BCUT2D eigenvalue weighted by Crippen LogP contribution is 2.24. The molecular weight excluding hydrogens is 303 g/mol. The van der Waals surface area contributed by atoms with E-state index in [2.05, 4.69) is 15.0 Å². The summed E-state index contributed by atoms with van der Waals surface area (Å²) in [6.45, 7) is 1.55. The molecule has 0 unspecified atom stereocenters. The number of nitrogens with one attached hydrogen (secondary N) is 1. The molecule has 0 saturated carbocycles. The van der Waals surface area contributed by atoms with Gasteiger partial charge < -0.3 is 15.2 Å². The van der Waals surface area contributed by atoms with E-state index in [1.165, 1.54) is 36.5 Å². The minimum absolute atomic E-state index is 0.208. The van der Waals surface area contributed by atoms with Crippen LogP contribution in [0.25, 0.3) is 11.1 Å². The fraction of sp³-hybridized carbons (Fsp3) is 0.188. The first-order valence-electron chi connectivity index (χ1n) is 6.90. The van der Waals surface area contributed by atoms with E-state index in [9.17, 15) is 19.1 Å². The van der Waals surface area contributed by atoms with Gasteiger partial charge in [-0.2, -0.15) is 0 Å². The van der Waals surface area contributed by atoms with Gasteiger partial charge in [-0.15, -0.1) is 0 Å². The molecule has 0 spiro atoms. The molecule has 2 N–H and O–H groups in total. The fourth-order valence-corrected chi connectivity index (χ4v) is 1.88. The van der Waals surface area contributed by atoms with Crippen molar-refractivity contribution in [2.45, 2.75) is 6.92 Å². The van der Waals surface area contributed by atoms with Crippen LogP contribution in [-0.4, -0.2) is 35.1 Å². The Morgan fingerprint density at radius 1 is 1.26 bits per heavy atom. The Balaban J connectivity index is 2.11. The van der Waals surface area contributed by atoms with Crippen molar-refractivity contribution in [3.63, 3.8) is 0 Å². The van der Waals surface area contributed by atoms with Crippen LogP contribution in [-0.2, 0) is 9.53 Å². The van der Waals surface area contributed by atoms with Crippen molar-refractivity contribution >= 4 is 11.9 Å². The predicted octanol–water partition coefficient (Wildman–Crippen LogP) is 1.89. The zero-order chi connectivity index (χ0) is 16.8. The number of rotatable bonds is 5. The van der Waals surface area contributed by atoms with E-state index < -0.39 is 11.9 Å². The van der Waals surface area contributed by atoms with Crippen LogP contribution < -0.4 is 5.32 Å². The maximum atomic E-state index is 12.9. The third-order valence-corrected chi connectivity index (χ3v) is 2.96. The quantitative estimate of drug-likeness (QED) is 0.822. The minimum atomic E-state index is -0.693. The van der Waals surface area contributed by atoms with Crippen LogP contribution in [0.1, 0.15) is 17.4 Å². The minimum Gasteiger partial charge on any atom is -0.505 e. The van der Waals surface area contributed by atoms with Crippen LogP contribution in [0, 0.1) is 5.82 Å². The summed E-state index contributed by atoms with van der Waals surface area (Å²) in [5, 5.41) is 12.2. The molecule has 0 fully saturated rings. The molecule has 0 bridgehead atoms. The average Bonchev–Trinajstić information content (AvgIpc) is 2.53. The zero-order valence-corrected chi connectivity index (χ0v) is 12.4. The van der Waals surface area contributed by atoms with Crippen LogP contribution in [0.3, 0.4) is 0 Å². The van der Waals surface area contributed by atoms with E-state index in [0.717, 1.165) is 0 Å². The number of carbonyl (C=O) groups excluding carboxylic acids is 2. The van der Waals surface area contributed by atoms with Crippen molar-refractivity contribution in [1.82, 2.24) is 10.3 Å². The monoisotopic (exact) mass is 318 g/mol. The SMILES string of the molecule is CCOC(=O)CNC(=O)c1ncc(-c2ccc(F)cc2)cc1O. The van der Waals surface area contributed by atoms with Gasteiger partial charge in [0.2, 0.25) is 0 Å². The van der Waals surface area contributed by atoms with E-state index in [1.54, 1.807) is 6.92 Å². The molecule has 7 heteroatoms. The number of ether oxygens (including phenoxy) is 1. The van der Waals surface area contributed by atoms with Gasteiger partial charge in [0.05, 0.1) is 6.61 Å². The molecule has 1 amide bonds. The topological polar surface area (TPSA) is 88.5 Å². The van der Waals surface area contributed by atoms with Gasteiger partial charge in [0, 0.05) is 11.8 Å². The van der Waals surface area contributed by atoms with Gasteiger partial charge in [0.25, 0.3) is 5.91 Å². The van der Waals surface area contributed by atoms with Crippen molar-refractivity contribution in [2.75, 3.05) is 13.2 Å². The highest BCUT2D eigenvalue weighted by molar-refractivity contribution is 5.96. The largest absolute Gasteiger partial charge is 0.505 e. The van der Waals surface area contributed by atoms with Crippen LogP contribution >= 0.6 is 0 Å². The van der Waals surface area contributed by atoms with Gasteiger partial charge in [-0.25, -0.2) is 9.37 Å². The van der Waals surface area contributed by atoms with E-state index in [4.69, 9.17) is 0 Å². The summed E-state index contributed by atoms with van der Waals surface area (Å²) in [5.74, 6) is -1.99. The van der Waals surface area contributed by atoms with E-state index in [-0.39, 0.29) is 30.4 Å². The van der Waals surface area contributed by atoms with Crippen LogP contribution in [0.15, 0.2) is 36.5 Å². The van der Waals surface area contributed by atoms with Gasteiger partial charge in [-0.3, -0.25) is 9.59 Å². The average molecular weight is 318 g/mol. The fourth-order valence-electron chi connectivity index (χ4n) is 1.88. The Morgan fingerprint density at radius 2 is 1.96 bits per heavy atom. The van der Waals surface area contributed by atoms with Gasteiger partial charge in [0.15, 0.2) is 5.69 Å². The molecule has 0 aliphatic carbocycles. The van der Waals surface area contributed by atoms with Crippen molar-refractivity contribution in [3.05, 3.63) is 48.0 Å². The van der Waals surface area contributed by atoms with Crippen LogP contribution in [0.5, 0.6) is 5.75 Å². The van der Waals surface area contributed by atoms with Crippen LogP contribution in [0.4, 0.5) is 4.39 Å². The lowest BCUT2D eigenvalue weighted by Crippen LogP contribution is -2.31. The Hall–Kier alpha value is -2.96. The maximum absolute atomic E-state index is 12.9. The lowest BCUT2D eigenvalue weighted by atomic mass is 10.1. The first-order valence-corrected chi connectivity index (χ1v) is 6.90. The van der Waals surface area contributed by atoms with Crippen LogP contribution in [0.2, 0.25) is 0 Å². The number of amides is 1. The molecule has 0 aliphatic rings. The number of aromatic hydroxyl groups is 1. The third kappa shape index (κ3) is 4.26. The molecule has 0 atom stereocenters. The summed E-state index contributed by atoms with van der Waals surface area (Å²) >= 11 is 0. The number of nitrogens with zero attached hydrogens (tertiary/aromatic N) is 1. The first kappa shape index (κ1) is 16.4. The number of hydrogen-bond acceptors (Lipinski definition) is 5. The molecule has 6 nitrogen and oxygen atoms in total. The Morgan fingerprint density at radius 3 is 2.57 bits per heavy atom. The number of esters is 1. The smallest absolute Gasteiger partial charge is 0.325 e. The highest BCUT2D eigenvalue weighted by atomic mass is 19.1. The summed E-state index contributed by atoms with van der Waals surface area (Å²) in [7, 11) is 0. The molecule has 120 valence electrons. The van der Waals surface area contributed by atoms with Gasteiger partial charge >= 0.3 is 5.97 Å². The molecule has 1 heterocycles. The molecule has 23 heavy (non-hydrogen) atoms. The van der Waals surface area contributed by atoms with E-state index in [1.807, 2.05) is 0 Å². The molecule has 1 aromatic heterocycles. The summed E-state index contributed by atoms with van der Waals surface area (Å²) in [5.41, 5.74) is 0.970. The lowest BCUT2D eigenvalue weighted by Gasteiger charge is -2.08. The Kier molecular flexibility index (Phi) is 5.24. The first-order chi connectivity index (χ1) is 11.0. The number of pyridine rings is 1. The number of aromatic nitrogens is 1. The molecule has 2 aromatic rings. The molecule has 2 rings (SSSR count).